The van der Waals surface area contributed by atoms with Gasteiger partial charge in [-0.1, -0.05) is 12.1 Å². The van der Waals surface area contributed by atoms with E-state index in [4.69, 9.17) is 0 Å². The van der Waals surface area contributed by atoms with Crippen LogP contribution in [0, 0.1) is 17.8 Å². The molecule has 2 N–H and O–H groups in total. The summed E-state index contributed by atoms with van der Waals surface area (Å²) >= 11 is 0. The van der Waals surface area contributed by atoms with E-state index in [1.807, 2.05) is 12.1 Å². The second-order valence-electron chi connectivity index (χ2n) is 8.74. The molecule has 2 saturated heterocycles. The summed E-state index contributed by atoms with van der Waals surface area (Å²) in [4.78, 5) is 40.4. The Labute approximate surface area is 164 Å². The molecular weight excluding hydrogens is 356 g/mol. The highest BCUT2D eigenvalue weighted by Crippen LogP contribution is 2.48. The summed E-state index contributed by atoms with van der Waals surface area (Å²) in [6.45, 7) is 4.68. The molecule has 3 aliphatic heterocycles. The molecule has 0 aromatic heterocycles. The van der Waals surface area contributed by atoms with Crippen LogP contribution in [0.4, 0.5) is 0 Å². The Balaban J connectivity index is 1.24. The molecule has 2 unspecified atom stereocenters. The molecule has 3 heterocycles. The first-order valence-electron chi connectivity index (χ1n) is 10.2. The Morgan fingerprint density at radius 1 is 1.18 bits per heavy atom. The van der Waals surface area contributed by atoms with E-state index in [-0.39, 0.29) is 24.1 Å². The van der Waals surface area contributed by atoms with Gasteiger partial charge in [0.15, 0.2) is 0 Å². The average Bonchev–Trinajstić information content (AvgIpc) is 3.00. The van der Waals surface area contributed by atoms with E-state index in [0.29, 0.717) is 18.5 Å². The molecule has 148 valence electrons. The number of benzene rings is 1. The molecule has 0 radical (unpaired) electrons. The lowest BCUT2D eigenvalue weighted by Gasteiger charge is -2.29. The van der Waals surface area contributed by atoms with Gasteiger partial charge in [0.25, 0.3) is 5.91 Å². The number of hydrogen-bond donors (Lipinski definition) is 2. The summed E-state index contributed by atoms with van der Waals surface area (Å²) in [7, 11) is 2.15. The highest BCUT2D eigenvalue weighted by Gasteiger charge is 2.52. The van der Waals surface area contributed by atoms with Gasteiger partial charge in [0.2, 0.25) is 11.8 Å². The standard InChI is InChI=1S/C21H26N4O3/c1-24(11-17-15-7-22-8-16(15)17)9-12-2-3-13-10-25(21(28)14(13)6-12)18-4-5-19(26)23-20(18)27/h2-3,6,15-18,22H,4-5,7-11H2,1H3,(H,23,26,27)/t15-,16+,17?,18?. The number of nitrogens with zero attached hydrogens (tertiary/aromatic N) is 2. The molecular formula is C21H26N4O3. The van der Waals surface area contributed by atoms with Crippen molar-refractivity contribution in [1.29, 1.82) is 0 Å². The smallest absolute Gasteiger partial charge is 0.255 e. The first-order chi connectivity index (χ1) is 13.5. The minimum absolute atomic E-state index is 0.100. The van der Waals surface area contributed by atoms with Crippen molar-refractivity contribution >= 4 is 17.7 Å². The fourth-order valence-corrected chi connectivity index (χ4v) is 5.25. The predicted octanol–water partition coefficient (Wildman–Crippen LogP) is 0.345. The van der Waals surface area contributed by atoms with Crippen LogP contribution in [0.1, 0.15) is 34.3 Å². The maximum Gasteiger partial charge on any atom is 0.255 e. The van der Waals surface area contributed by atoms with E-state index >= 15 is 0 Å². The normalized spacial score (nSPS) is 31.2. The Morgan fingerprint density at radius 2 is 1.96 bits per heavy atom. The number of piperidine rings is 2. The first-order valence-corrected chi connectivity index (χ1v) is 10.2. The van der Waals surface area contributed by atoms with Crippen LogP contribution in [0.25, 0.3) is 0 Å². The molecule has 1 aliphatic carbocycles. The maximum atomic E-state index is 12.9. The van der Waals surface area contributed by atoms with Crippen molar-refractivity contribution in [1.82, 2.24) is 20.4 Å². The lowest BCUT2D eigenvalue weighted by atomic mass is 10.0. The third-order valence-electron chi connectivity index (χ3n) is 6.84. The van der Waals surface area contributed by atoms with Crippen LogP contribution in [0.5, 0.6) is 0 Å². The zero-order valence-corrected chi connectivity index (χ0v) is 16.1. The topological polar surface area (TPSA) is 81.8 Å². The maximum absolute atomic E-state index is 12.9. The minimum Gasteiger partial charge on any atom is -0.322 e. The van der Waals surface area contributed by atoms with Gasteiger partial charge in [0.05, 0.1) is 0 Å². The minimum atomic E-state index is -0.549. The largest absolute Gasteiger partial charge is 0.322 e. The molecule has 0 spiro atoms. The number of hydrogen-bond acceptors (Lipinski definition) is 5. The van der Waals surface area contributed by atoms with Gasteiger partial charge in [-0.3, -0.25) is 19.7 Å². The molecule has 7 heteroatoms. The van der Waals surface area contributed by atoms with Crippen molar-refractivity contribution in [3.63, 3.8) is 0 Å². The van der Waals surface area contributed by atoms with Crippen LogP contribution in [0.15, 0.2) is 18.2 Å². The molecule has 4 aliphatic rings. The average molecular weight is 382 g/mol. The number of amides is 3. The number of nitrogens with one attached hydrogen (secondary N) is 2. The van der Waals surface area contributed by atoms with E-state index in [2.05, 4.69) is 28.6 Å². The molecule has 1 saturated carbocycles. The van der Waals surface area contributed by atoms with Gasteiger partial charge in [-0.05, 0) is 61.5 Å². The summed E-state index contributed by atoms with van der Waals surface area (Å²) in [6, 6.07) is 5.53. The SMILES string of the molecule is CN(Cc1ccc2c(c1)C(=O)N(C1CCC(=O)NC1=O)C2)CC1[C@H]2CNC[C@@H]12. The zero-order chi connectivity index (χ0) is 19.4. The second kappa shape index (κ2) is 6.67. The van der Waals surface area contributed by atoms with E-state index in [1.54, 1.807) is 4.90 Å². The molecule has 1 aromatic rings. The third-order valence-corrected chi connectivity index (χ3v) is 6.84. The third kappa shape index (κ3) is 3.02. The van der Waals surface area contributed by atoms with Crippen LogP contribution in [-0.4, -0.2) is 60.2 Å². The van der Waals surface area contributed by atoms with Crippen molar-refractivity contribution in [3.8, 4) is 0 Å². The van der Waals surface area contributed by atoms with Crippen molar-refractivity contribution in [2.75, 3.05) is 26.7 Å². The summed E-state index contributed by atoms with van der Waals surface area (Å²) < 4.78 is 0. The molecule has 0 bridgehead atoms. The van der Waals surface area contributed by atoms with Crippen molar-refractivity contribution < 1.29 is 14.4 Å². The summed E-state index contributed by atoms with van der Waals surface area (Å²) in [5.74, 6) is 1.80. The van der Waals surface area contributed by atoms with Crippen molar-refractivity contribution in [2.24, 2.45) is 17.8 Å². The fourth-order valence-electron chi connectivity index (χ4n) is 5.25. The Bertz CT molecular complexity index is 844. The highest BCUT2D eigenvalue weighted by atomic mass is 16.2. The number of fused-ring (bicyclic) bond motifs is 2. The van der Waals surface area contributed by atoms with Crippen LogP contribution < -0.4 is 10.6 Å². The van der Waals surface area contributed by atoms with Gasteiger partial charge in [-0.25, -0.2) is 0 Å². The predicted molar refractivity (Wildman–Crippen MR) is 102 cm³/mol. The van der Waals surface area contributed by atoms with Gasteiger partial charge >= 0.3 is 0 Å². The van der Waals surface area contributed by atoms with E-state index in [0.717, 1.165) is 55.1 Å². The molecule has 28 heavy (non-hydrogen) atoms. The van der Waals surface area contributed by atoms with Gasteiger partial charge in [-0.15, -0.1) is 0 Å². The number of carbonyl (C=O) groups excluding carboxylic acids is 3. The Kier molecular flexibility index (Phi) is 4.25. The van der Waals surface area contributed by atoms with Gasteiger partial charge in [0, 0.05) is 31.6 Å². The number of carbonyl (C=O) groups is 3. The Morgan fingerprint density at radius 3 is 2.71 bits per heavy atom. The molecule has 5 rings (SSSR count). The quantitative estimate of drug-likeness (QED) is 0.718. The second-order valence-corrected chi connectivity index (χ2v) is 8.74. The van der Waals surface area contributed by atoms with Gasteiger partial charge in [0.1, 0.15) is 6.04 Å². The highest BCUT2D eigenvalue weighted by molar-refractivity contribution is 6.05. The lowest BCUT2D eigenvalue weighted by Crippen LogP contribution is -2.52. The Hall–Kier alpha value is -2.25. The number of rotatable bonds is 5. The first kappa shape index (κ1) is 17.8. The van der Waals surface area contributed by atoms with E-state index in [1.165, 1.54) is 0 Å². The fraction of sp³-hybridized carbons (Fsp3) is 0.571. The summed E-state index contributed by atoms with van der Waals surface area (Å²) in [5.41, 5.74) is 2.79. The van der Waals surface area contributed by atoms with Crippen LogP contribution in [-0.2, 0) is 22.7 Å². The zero-order valence-electron chi connectivity index (χ0n) is 16.1. The van der Waals surface area contributed by atoms with Gasteiger partial charge in [-0.2, -0.15) is 0 Å². The van der Waals surface area contributed by atoms with Crippen molar-refractivity contribution in [2.45, 2.75) is 32.0 Å². The molecule has 1 aromatic carbocycles. The summed E-state index contributed by atoms with van der Waals surface area (Å²) in [5, 5.41) is 5.79. The summed E-state index contributed by atoms with van der Waals surface area (Å²) in [6.07, 6.45) is 0.684. The van der Waals surface area contributed by atoms with Crippen LogP contribution >= 0.6 is 0 Å². The van der Waals surface area contributed by atoms with Crippen LogP contribution in [0.2, 0.25) is 0 Å². The van der Waals surface area contributed by atoms with Crippen molar-refractivity contribution in [3.05, 3.63) is 34.9 Å². The number of imide groups is 1. The molecule has 3 fully saturated rings. The van der Waals surface area contributed by atoms with E-state index < -0.39 is 6.04 Å². The van der Waals surface area contributed by atoms with E-state index in [9.17, 15) is 14.4 Å². The molecule has 7 nitrogen and oxygen atoms in total. The lowest BCUT2D eigenvalue weighted by molar-refractivity contribution is -0.136. The van der Waals surface area contributed by atoms with Crippen LogP contribution in [0.3, 0.4) is 0 Å². The molecule has 4 atom stereocenters. The monoisotopic (exact) mass is 382 g/mol. The molecule has 3 amide bonds. The van der Waals surface area contributed by atoms with Gasteiger partial charge < -0.3 is 15.1 Å².